The summed E-state index contributed by atoms with van der Waals surface area (Å²) in [4.78, 5) is 23.8. The van der Waals surface area contributed by atoms with Crippen molar-refractivity contribution in [3.05, 3.63) is 65.8 Å². The van der Waals surface area contributed by atoms with Gasteiger partial charge < -0.3 is 25.6 Å². The highest BCUT2D eigenvalue weighted by Gasteiger charge is 2.25. The van der Waals surface area contributed by atoms with Gasteiger partial charge in [0.2, 0.25) is 11.9 Å². The minimum absolute atomic E-state index is 0.123. The summed E-state index contributed by atoms with van der Waals surface area (Å²) in [6, 6.07) is 10.4. The van der Waals surface area contributed by atoms with Crippen LogP contribution in [0, 0.1) is 0 Å². The van der Waals surface area contributed by atoms with E-state index in [2.05, 4.69) is 44.4 Å². The molecule has 3 aromatic rings. The van der Waals surface area contributed by atoms with E-state index < -0.39 is 15.1 Å². The molecule has 0 unspecified atom stereocenters. The molecule has 1 aliphatic heterocycles. The lowest BCUT2D eigenvalue weighted by Gasteiger charge is -2.31. The van der Waals surface area contributed by atoms with E-state index in [9.17, 15) is 13.2 Å². The van der Waals surface area contributed by atoms with E-state index in [1.165, 1.54) is 12.3 Å². The first-order valence-corrected chi connectivity index (χ1v) is 16.2. The van der Waals surface area contributed by atoms with Crippen molar-refractivity contribution in [1.29, 1.82) is 0 Å². The fourth-order valence-electron chi connectivity index (χ4n) is 4.83. The molecule has 43 heavy (non-hydrogen) atoms. The summed E-state index contributed by atoms with van der Waals surface area (Å²) in [6.07, 6.45) is 4.44. The molecular formula is C31H39ClN6O4S. The Morgan fingerprint density at radius 2 is 1.79 bits per heavy atom. The molecule has 12 heteroatoms. The van der Waals surface area contributed by atoms with Crippen molar-refractivity contribution in [2.45, 2.75) is 62.7 Å². The number of nitrogens with zero attached hydrogens (tertiary/aromatic N) is 3. The SMILES string of the molecule is C=CC(=O)Nc1cc(Nc2ncc(Cl)c(Nc3ccccc3S(=O)(=O)C(C)C)n2)c(OC(C)C)cc1C1CCN(C)CC1. The highest BCUT2D eigenvalue weighted by Crippen LogP contribution is 2.41. The molecule has 0 radical (unpaired) electrons. The quantitative estimate of drug-likeness (QED) is 0.204. The number of halogens is 1. The van der Waals surface area contributed by atoms with Crippen LogP contribution in [0.25, 0.3) is 0 Å². The number of ether oxygens (including phenoxy) is 1. The number of sulfone groups is 1. The summed E-state index contributed by atoms with van der Waals surface area (Å²) >= 11 is 6.44. The van der Waals surface area contributed by atoms with Crippen LogP contribution in [0.2, 0.25) is 5.02 Å². The second kappa shape index (κ2) is 13.7. The van der Waals surface area contributed by atoms with Crippen LogP contribution >= 0.6 is 11.6 Å². The Hall–Kier alpha value is -3.67. The molecular weight excluding hydrogens is 588 g/mol. The molecule has 0 spiro atoms. The number of hydrogen-bond acceptors (Lipinski definition) is 9. The fraction of sp³-hybridized carbons (Fsp3) is 0.387. The number of likely N-dealkylation sites (tertiary alicyclic amines) is 1. The van der Waals surface area contributed by atoms with Gasteiger partial charge in [-0.05, 0) is 102 Å². The smallest absolute Gasteiger partial charge is 0.247 e. The fourth-order valence-corrected chi connectivity index (χ4v) is 6.17. The molecule has 1 aromatic heterocycles. The molecule has 3 N–H and O–H groups in total. The van der Waals surface area contributed by atoms with Gasteiger partial charge in [0.25, 0.3) is 0 Å². The van der Waals surface area contributed by atoms with Crippen LogP contribution in [-0.2, 0) is 14.6 Å². The van der Waals surface area contributed by atoms with Gasteiger partial charge in [0.05, 0.1) is 33.8 Å². The van der Waals surface area contributed by atoms with Crippen molar-refractivity contribution >= 4 is 56.2 Å². The van der Waals surface area contributed by atoms with Crippen molar-refractivity contribution in [3.8, 4) is 5.75 Å². The minimum Gasteiger partial charge on any atom is -0.489 e. The van der Waals surface area contributed by atoms with Crippen LogP contribution in [0.15, 0.2) is 60.1 Å². The Labute approximate surface area is 258 Å². The standard InChI is InChI=1S/C31H39ClN6O4S/c1-7-29(39)34-25-17-26(27(42-19(2)3)16-22(25)21-12-14-38(6)15-13-21)36-31-33-18-23(32)30(37-31)35-24-10-8-9-11-28(24)43(40,41)20(4)5/h7-11,16-21H,1,12-15H2,2-6H3,(H,34,39)(H2,33,35,36,37). The third-order valence-corrected chi connectivity index (χ3v) is 9.66. The van der Waals surface area contributed by atoms with E-state index in [1.807, 2.05) is 26.0 Å². The minimum atomic E-state index is -3.58. The molecule has 0 bridgehead atoms. The molecule has 1 saturated heterocycles. The topological polar surface area (TPSA) is 126 Å². The number of rotatable bonds is 11. The number of carbonyl (C=O) groups excluding carboxylic acids is 1. The molecule has 230 valence electrons. The average Bonchev–Trinajstić information content (AvgIpc) is 2.96. The summed E-state index contributed by atoms with van der Waals surface area (Å²) in [5, 5.41) is 8.84. The lowest BCUT2D eigenvalue weighted by molar-refractivity contribution is -0.111. The van der Waals surface area contributed by atoms with Gasteiger partial charge in [0.1, 0.15) is 10.8 Å². The first kappa shape index (κ1) is 32.2. The van der Waals surface area contributed by atoms with Crippen LogP contribution in [0.1, 0.15) is 52.0 Å². The van der Waals surface area contributed by atoms with Gasteiger partial charge in [-0.1, -0.05) is 30.3 Å². The number of aromatic nitrogens is 2. The molecule has 0 atom stereocenters. The highest BCUT2D eigenvalue weighted by molar-refractivity contribution is 7.92. The maximum Gasteiger partial charge on any atom is 0.247 e. The van der Waals surface area contributed by atoms with Crippen LogP contribution in [0.4, 0.5) is 28.8 Å². The monoisotopic (exact) mass is 626 g/mol. The lowest BCUT2D eigenvalue weighted by Crippen LogP contribution is -2.29. The molecule has 1 amide bonds. The Balaban J connectivity index is 1.73. The van der Waals surface area contributed by atoms with Crippen LogP contribution < -0.4 is 20.7 Å². The lowest BCUT2D eigenvalue weighted by atomic mass is 9.88. The molecule has 10 nitrogen and oxygen atoms in total. The number of para-hydroxylation sites is 1. The first-order valence-electron chi connectivity index (χ1n) is 14.2. The zero-order valence-corrected chi connectivity index (χ0v) is 26.7. The highest BCUT2D eigenvalue weighted by atomic mass is 35.5. The maximum absolute atomic E-state index is 13.0. The van der Waals surface area contributed by atoms with E-state index in [0.717, 1.165) is 31.5 Å². The van der Waals surface area contributed by atoms with Crippen molar-refractivity contribution < 1.29 is 17.9 Å². The molecule has 0 aliphatic carbocycles. The Bertz CT molecular complexity index is 1590. The maximum atomic E-state index is 13.0. The first-order chi connectivity index (χ1) is 20.4. The molecule has 0 saturated carbocycles. The molecule has 1 aliphatic rings. The number of hydrogen-bond donors (Lipinski definition) is 3. The van der Waals surface area contributed by atoms with Crippen LogP contribution in [-0.4, -0.2) is 60.7 Å². The Morgan fingerprint density at radius 3 is 2.44 bits per heavy atom. The average molecular weight is 627 g/mol. The summed E-state index contributed by atoms with van der Waals surface area (Å²) in [5.41, 5.74) is 2.54. The van der Waals surface area contributed by atoms with Gasteiger partial charge in [-0.25, -0.2) is 13.4 Å². The number of piperidine rings is 1. The Morgan fingerprint density at radius 1 is 1.09 bits per heavy atom. The van der Waals surface area contributed by atoms with E-state index >= 15 is 0 Å². The zero-order chi connectivity index (χ0) is 31.3. The summed E-state index contributed by atoms with van der Waals surface area (Å²) in [5.74, 6) is 0.922. The van der Waals surface area contributed by atoms with Gasteiger partial charge in [0, 0.05) is 5.69 Å². The van der Waals surface area contributed by atoms with Crippen molar-refractivity contribution in [2.75, 3.05) is 36.1 Å². The van der Waals surface area contributed by atoms with Gasteiger partial charge in [-0.3, -0.25) is 4.79 Å². The molecule has 4 rings (SSSR count). The number of anilines is 5. The van der Waals surface area contributed by atoms with E-state index in [0.29, 0.717) is 22.8 Å². The molecule has 2 aromatic carbocycles. The Kier molecular flexibility index (Phi) is 10.3. The van der Waals surface area contributed by atoms with Crippen molar-refractivity contribution in [3.63, 3.8) is 0 Å². The third-order valence-electron chi connectivity index (χ3n) is 7.17. The van der Waals surface area contributed by atoms with Crippen molar-refractivity contribution in [2.24, 2.45) is 0 Å². The zero-order valence-electron chi connectivity index (χ0n) is 25.1. The van der Waals surface area contributed by atoms with Crippen LogP contribution in [0.3, 0.4) is 0 Å². The second-order valence-corrected chi connectivity index (χ2v) is 14.0. The summed E-state index contributed by atoms with van der Waals surface area (Å²) in [7, 11) is -1.47. The largest absolute Gasteiger partial charge is 0.489 e. The van der Waals surface area contributed by atoms with E-state index in [1.54, 1.807) is 38.1 Å². The number of carbonyl (C=O) groups is 1. The second-order valence-electron chi connectivity index (χ2n) is 11.1. The number of benzene rings is 2. The summed E-state index contributed by atoms with van der Waals surface area (Å²) < 4.78 is 32.2. The van der Waals surface area contributed by atoms with E-state index in [-0.39, 0.29) is 39.6 Å². The summed E-state index contributed by atoms with van der Waals surface area (Å²) in [6.45, 7) is 12.7. The van der Waals surface area contributed by atoms with Crippen LogP contribution in [0.5, 0.6) is 5.75 Å². The number of nitrogens with one attached hydrogen (secondary N) is 3. The van der Waals surface area contributed by atoms with Gasteiger partial charge in [-0.2, -0.15) is 4.98 Å². The van der Waals surface area contributed by atoms with Gasteiger partial charge >= 0.3 is 0 Å². The number of amides is 1. The third kappa shape index (κ3) is 7.84. The normalized spacial score (nSPS) is 14.5. The van der Waals surface area contributed by atoms with Gasteiger partial charge in [0.15, 0.2) is 15.7 Å². The molecule has 2 heterocycles. The predicted octanol–water partition coefficient (Wildman–Crippen LogP) is 6.52. The van der Waals surface area contributed by atoms with Crippen molar-refractivity contribution in [1.82, 2.24) is 14.9 Å². The van der Waals surface area contributed by atoms with Gasteiger partial charge in [-0.15, -0.1) is 0 Å². The predicted molar refractivity (Wildman–Crippen MR) is 173 cm³/mol. The molecule has 1 fully saturated rings. The van der Waals surface area contributed by atoms with E-state index in [4.69, 9.17) is 16.3 Å².